The van der Waals surface area contributed by atoms with Gasteiger partial charge in [0.25, 0.3) is 0 Å². The van der Waals surface area contributed by atoms with Gasteiger partial charge in [-0.1, -0.05) is 6.92 Å². The van der Waals surface area contributed by atoms with Crippen LogP contribution in [0, 0.1) is 11.8 Å². The Bertz CT molecular complexity index is 386. The molecule has 0 bridgehead atoms. The molecule has 2 aliphatic heterocycles. The Labute approximate surface area is 103 Å². The summed E-state index contributed by atoms with van der Waals surface area (Å²) >= 11 is 0. The molecule has 1 aromatic rings. The molecule has 1 aromatic heterocycles. The monoisotopic (exact) mass is 234 g/mol. The largest absolute Gasteiger partial charge is 0.316 e. The highest BCUT2D eigenvalue weighted by molar-refractivity contribution is 5.17. The smallest absolute Gasteiger partial charge is 0.0666 e. The molecule has 2 saturated heterocycles. The SMILES string of the molecule is CCc1nn(C)cc1CN1CC2CNCC2C1. The first-order valence-corrected chi connectivity index (χ1v) is 6.70. The quantitative estimate of drug-likeness (QED) is 0.833. The van der Waals surface area contributed by atoms with Crippen molar-refractivity contribution in [1.82, 2.24) is 20.0 Å². The predicted octanol–water partition coefficient (Wildman–Crippen LogP) is 0.634. The number of rotatable bonds is 3. The lowest BCUT2D eigenvalue weighted by Crippen LogP contribution is -2.25. The number of aromatic nitrogens is 2. The summed E-state index contributed by atoms with van der Waals surface area (Å²) in [6, 6.07) is 0. The molecule has 17 heavy (non-hydrogen) atoms. The third-order valence-electron chi connectivity index (χ3n) is 4.19. The summed E-state index contributed by atoms with van der Waals surface area (Å²) in [6.07, 6.45) is 3.23. The first-order chi connectivity index (χ1) is 8.26. The standard InChI is InChI=1S/C13H22N4/c1-3-13-12(6-16(2)15-13)9-17-7-10-4-14-5-11(10)8-17/h6,10-11,14H,3-5,7-9H2,1-2H3. The van der Waals surface area contributed by atoms with Gasteiger partial charge in [0.15, 0.2) is 0 Å². The van der Waals surface area contributed by atoms with Gasteiger partial charge in [-0.05, 0) is 31.3 Å². The van der Waals surface area contributed by atoms with Crippen LogP contribution in [0.1, 0.15) is 18.2 Å². The Balaban J connectivity index is 1.67. The fourth-order valence-corrected chi connectivity index (χ4v) is 3.34. The average molecular weight is 234 g/mol. The van der Waals surface area contributed by atoms with Crippen molar-refractivity contribution in [2.24, 2.45) is 18.9 Å². The van der Waals surface area contributed by atoms with Crippen molar-refractivity contribution in [3.05, 3.63) is 17.5 Å². The molecule has 0 aliphatic carbocycles. The topological polar surface area (TPSA) is 33.1 Å². The van der Waals surface area contributed by atoms with Gasteiger partial charge in [0.2, 0.25) is 0 Å². The summed E-state index contributed by atoms with van der Waals surface area (Å²) in [4.78, 5) is 2.60. The van der Waals surface area contributed by atoms with Crippen LogP contribution in [0.25, 0.3) is 0 Å². The maximum absolute atomic E-state index is 4.52. The van der Waals surface area contributed by atoms with E-state index in [2.05, 4.69) is 28.4 Å². The van der Waals surface area contributed by atoms with Crippen molar-refractivity contribution in [2.75, 3.05) is 26.2 Å². The molecule has 0 amide bonds. The van der Waals surface area contributed by atoms with Gasteiger partial charge >= 0.3 is 0 Å². The van der Waals surface area contributed by atoms with Crippen LogP contribution in [0.15, 0.2) is 6.20 Å². The van der Waals surface area contributed by atoms with E-state index < -0.39 is 0 Å². The Morgan fingerprint density at radius 1 is 1.35 bits per heavy atom. The van der Waals surface area contributed by atoms with E-state index in [0.29, 0.717) is 0 Å². The van der Waals surface area contributed by atoms with Gasteiger partial charge in [-0.2, -0.15) is 5.10 Å². The number of likely N-dealkylation sites (tertiary alicyclic amines) is 1. The van der Waals surface area contributed by atoms with Crippen molar-refractivity contribution in [2.45, 2.75) is 19.9 Å². The van der Waals surface area contributed by atoms with Crippen molar-refractivity contribution < 1.29 is 0 Å². The number of nitrogens with one attached hydrogen (secondary N) is 1. The molecule has 4 heteroatoms. The van der Waals surface area contributed by atoms with Crippen LogP contribution >= 0.6 is 0 Å². The van der Waals surface area contributed by atoms with Gasteiger partial charge < -0.3 is 5.32 Å². The van der Waals surface area contributed by atoms with Crippen LogP contribution in [0.3, 0.4) is 0 Å². The molecular formula is C13H22N4. The minimum Gasteiger partial charge on any atom is -0.316 e. The van der Waals surface area contributed by atoms with Gasteiger partial charge in [0.05, 0.1) is 5.69 Å². The maximum atomic E-state index is 4.52. The second-order valence-electron chi connectivity index (χ2n) is 5.50. The molecule has 0 aromatic carbocycles. The molecule has 3 rings (SSSR count). The summed E-state index contributed by atoms with van der Waals surface area (Å²) in [5.41, 5.74) is 2.69. The molecule has 3 heterocycles. The summed E-state index contributed by atoms with van der Waals surface area (Å²) in [7, 11) is 2.02. The van der Waals surface area contributed by atoms with E-state index in [4.69, 9.17) is 0 Å². The minimum atomic E-state index is 0.886. The van der Waals surface area contributed by atoms with E-state index in [9.17, 15) is 0 Å². The Morgan fingerprint density at radius 2 is 2.06 bits per heavy atom. The first kappa shape index (κ1) is 11.2. The van der Waals surface area contributed by atoms with E-state index >= 15 is 0 Å². The van der Waals surface area contributed by atoms with E-state index in [1.54, 1.807) is 0 Å². The summed E-state index contributed by atoms with van der Waals surface area (Å²) < 4.78 is 1.95. The summed E-state index contributed by atoms with van der Waals surface area (Å²) in [5, 5.41) is 8.01. The van der Waals surface area contributed by atoms with Crippen LogP contribution in [-0.2, 0) is 20.0 Å². The number of hydrogen-bond donors (Lipinski definition) is 1. The van der Waals surface area contributed by atoms with Crippen molar-refractivity contribution in [3.63, 3.8) is 0 Å². The van der Waals surface area contributed by atoms with Crippen LogP contribution in [0.5, 0.6) is 0 Å². The molecule has 4 nitrogen and oxygen atoms in total. The van der Waals surface area contributed by atoms with Gasteiger partial charge in [-0.25, -0.2) is 0 Å². The molecule has 2 aliphatic rings. The highest BCUT2D eigenvalue weighted by Crippen LogP contribution is 2.27. The Morgan fingerprint density at radius 3 is 2.71 bits per heavy atom. The van der Waals surface area contributed by atoms with Crippen molar-refractivity contribution in [1.29, 1.82) is 0 Å². The Hall–Kier alpha value is -0.870. The zero-order valence-corrected chi connectivity index (χ0v) is 10.8. The lowest BCUT2D eigenvalue weighted by Gasteiger charge is -2.16. The second-order valence-corrected chi connectivity index (χ2v) is 5.50. The van der Waals surface area contributed by atoms with Crippen molar-refractivity contribution in [3.8, 4) is 0 Å². The van der Waals surface area contributed by atoms with Gasteiger partial charge in [0.1, 0.15) is 0 Å². The summed E-state index contributed by atoms with van der Waals surface area (Å²) in [5.74, 6) is 1.77. The molecule has 0 radical (unpaired) electrons. The zero-order valence-electron chi connectivity index (χ0n) is 10.8. The van der Waals surface area contributed by atoms with E-state index in [0.717, 1.165) is 24.8 Å². The third-order valence-corrected chi connectivity index (χ3v) is 4.19. The zero-order chi connectivity index (χ0) is 11.8. The molecule has 1 N–H and O–H groups in total. The van der Waals surface area contributed by atoms with Crippen LogP contribution in [0.2, 0.25) is 0 Å². The molecular weight excluding hydrogens is 212 g/mol. The predicted molar refractivity (Wildman–Crippen MR) is 67.7 cm³/mol. The minimum absolute atomic E-state index is 0.886. The van der Waals surface area contributed by atoms with E-state index in [1.807, 2.05) is 11.7 Å². The highest BCUT2D eigenvalue weighted by atomic mass is 15.3. The van der Waals surface area contributed by atoms with Gasteiger partial charge in [-0.3, -0.25) is 9.58 Å². The van der Waals surface area contributed by atoms with E-state index in [1.165, 1.54) is 37.4 Å². The molecule has 2 fully saturated rings. The average Bonchev–Trinajstić information content (AvgIpc) is 2.92. The fourth-order valence-electron chi connectivity index (χ4n) is 3.34. The number of fused-ring (bicyclic) bond motifs is 1. The molecule has 0 saturated carbocycles. The van der Waals surface area contributed by atoms with E-state index in [-0.39, 0.29) is 0 Å². The molecule has 2 unspecified atom stereocenters. The third kappa shape index (κ3) is 2.11. The van der Waals surface area contributed by atoms with Crippen LogP contribution in [-0.4, -0.2) is 40.9 Å². The number of nitrogens with zero attached hydrogens (tertiary/aromatic N) is 3. The lowest BCUT2D eigenvalue weighted by atomic mass is 10.0. The van der Waals surface area contributed by atoms with Gasteiger partial charge in [0, 0.05) is 38.4 Å². The van der Waals surface area contributed by atoms with Crippen molar-refractivity contribution >= 4 is 0 Å². The number of aryl methyl sites for hydroxylation is 2. The lowest BCUT2D eigenvalue weighted by molar-refractivity contribution is 0.305. The van der Waals surface area contributed by atoms with Gasteiger partial charge in [-0.15, -0.1) is 0 Å². The number of hydrogen-bond acceptors (Lipinski definition) is 3. The highest BCUT2D eigenvalue weighted by Gasteiger charge is 2.36. The molecule has 2 atom stereocenters. The Kier molecular flexibility index (Phi) is 2.92. The van der Waals surface area contributed by atoms with Crippen LogP contribution < -0.4 is 5.32 Å². The molecule has 0 spiro atoms. The second kappa shape index (κ2) is 4.42. The van der Waals surface area contributed by atoms with Crippen LogP contribution in [0.4, 0.5) is 0 Å². The normalized spacial score (nSPS) is 28.8. The summed E-state index contributed by atoms with van der Waals surface area (Å²) in [6.45, 7) is 8.23. The molecule has 94 valence electrons. The maximum Gasteiger partial charge on any atom is 0.0666 e. The first-order valence-electron chi connectivity index (χ1n) is 6.70. The fraction of sp³-hybridized carbons (Fsp3) is 0.769.